The van der Waals surface area contributed by atoms with Crippen LogP contribution in [-0.2, 0) is 89.9 Å². The lowest BCUT2D eigenvalue weighted by molar-refractivity contribution is 1.00. The molecule has 0 aliphatic heterocycles. The highest BCUT2D eigenvalue weighted by Gasteiger charge is 2.09. The van der Waals surface area contributed by atoms with Gasteiger partial charge < -0.3 is 0 Å². The first-order valence-corrected chi connectivity index (χ1v) is 34.8. The van der Waals surface area contributed by atoms with Gasteiger partial charge in [0.1, 0.15) is 0 Å². The molecule has 0 amide bonds. The molecule has 0 heteroatoms. The van der Waals surface area contributed by atoms with Gasteiger partial charge in [0.15, 0.2) is 0 Å². The largest absolute Gasteiger partial charge is 0.0613 e. The van der Waals surface area contributed by atoms with Gasteiger partial charge in [-0.2, -0.15) is 0 Å². The van der Waals surface area contributed by atoms with E-state index in [9.17, 15) is 0 Å². The second-order valence-electron chi connectivity index (χ2n) is 25.0. The lowest BCUT2D eigenvalue weighted by atomic mass is 9.93. The van der Waals surface area contributed by atoms with E-state index in [2.05, 4.69) is 291 Å². The van der Waals surface area contributed by atoms with E-state index in [4.69, 9.17) is 0 Å². The zero-order chi connectivity index (χ0) is 66.5. The van der Waals surface area contributed by atoms with Crippen molar-refractivity contribution in [3.05, 3.63) is 253 Å². The molecule has 0 fully saturated rings. The van der Waals surface area contributed by atoms with Crippen molar-refractivity contribution in [2.75, 3.05) is 0 Å². The van der Waals surface area contributed by atoms with Gasteiger partial charge in [-0.1, -0.05) is 200 Å². The number of hydrogen-bond donors (Lipinski definition) is 0. The summed E-state index contributed by atoms with van der Waals surface area (Å²) in [5.74, 6) is 0. The molecule has 8 aromatic rings. The molecule has 0 saturated heterocycles. The average Bonchev–Trinajstić information content (AvgIpc) is 2.95. The number of benzene rings is 8. The molecule has 0 unspecified atom stereocenters. The van der Waals surface area contributed by atoms with Gasteiger partial charge in [0.2, 0.25) is 0 Å². The first-order chi connectivity index (χ1) is 41.8. The number of hydrogen-bond acceptors (Lipinski definition) is 0. The summed E-state index contributed by atoms with van der Waals surface area (Å²) in [6, 6.07) is 36.8. The van der Waals surface area contributed by atoms with Crippen molar-refractivity contribution in [1.82, 2.24) is 0 Å². The number of rotatable bonds is 14. The fourth-order valence-corrected chi connectivity index (χ4v) is 12.9. The van der Waals surface area contributed by atoms with Gasteiger partial charge in [0.25, 0.3) is 0 Å². The summed E-state index contributed by atoms with van der Waals surface area (Å²) in [7, 11) is 0. The fourth-order valence-electron chi connectivity index (χ4n) is 12.9. The molecular formula is C88H128. The van der Waals surface area contributed by atoms with Crippen LogP contribution >= 0.6 is 0 Å². The quantitative estimate of drug-likeness (QED) is 0.102. The van der Waals surface area contributed by atoms with E-state index in [-0.39, 0.29) is 0 Å². The molecule has 88 heavy (non-hydrogen) atoms. The summed E-state index contributed by atoms with van der Waals surface area (Å²) in [6.07, 6.45) is 16.1. The Morgan fingerprint density at radius 2 is 0.534 bits per heavy atom. The zero-order valence-electron chi connectivity index (χ0n) is 62.1. The van der Waals surface area contributed by atoms with Crippen LogP contribution in [-0.4, -0.2) is 0 Å². The number of aryl methyl sites for hydroxylation is 23. The van der Waals surface area contributed by atoms with E-state index < -0.39 is 0 Å². The minimum Gasteiger partial charge on any atom is -0.0613 e. The minimum absolute atomic E-state index is 1.12. The topological polar surface area (TPSA) is 0 Å². The maximum atomic E-state index is 2.35. The van der Waals surface area contributed by atoms with Crippen LogP contribution in [0.25, 0.3) is 10.8 Å². The second kappa shape index (κ2) is 39.9. The summed E-state index contributed by atoms with van der Waals surface area (Å²) in [5, 5.41) is 2.81. The van der Waals surface area contributed by atoms with Gasteiger partial charge >= 0.3 is 0 Å². The summed E-state index contributed by atoms with van der Waals surface area (Å²) < 4.78 is 0. The Morgan fingerprint density at radius 1 is 0.193 bits per heavy atom. The Balaban J connectivity index is 0.000000351. The summed E-state index contributed by atoms with van der Waals surface area (Å²) in [6.45, 7) is 62.0. The molecule has 0 bridgehead atoms. The zero-order valence-corrected chi connectivity index (χ0v) is 62.1. The van der Waals surface area contributed by atoms with Crippen molar-refractivity contribution in [2.24, 2.45) is 0 Å². The van der Waals surface area contributed by atoms with Crippen molar-refractivity contribution in [1.29, 1.82) is 0 Å². The molecule has 0 saturated carbocycles. The monoisotopic (exact) mass is 1190 g/mol. The lowest BCUT2D eigenvalue weighted by Gasteiger charge is -2.12. The summed E-state index contributed by atoms with van der Waals surface area (Å²) >= 11 is 0. The van der Waals surface area contributed by atoms with Crippen LogP contribution in [0.1, 0.15) is 253 Å². The van der Waals surface area contributed by atoms with Crippen LogP contribution in [0.5, 0.6) is 0 Å². The number of fused-ring (bicyclic) bond motifs is 1. The molecule has 0 nitrogen and oxygen atoms in total. The lowest BCUT2D eigenvalue weighted by Crippen LogP contribution is -1.97. The second-order valence-corrected chi connectivity index (χ2v) is 25.0. The van der Waals surface area contributed by atoms with Crippen molar-refractivity contribution in [3.63, 3.8) is 0 Å². The summed E-state index contributed by atoms with van der Waals surface area (Å²) in [4.78, 5) is 0. The molecule has 8 rings (SSSR count). The minimum atomic E-state index is 1.12. The van der Waals surface area contributed by atoms with Gasteiger partial charge in [-0.25, -0.2) is 0 Å². The highest BCUT2D eigenvalue weighted by Crippen LogP contribution is 2.28. The Bertz CT molecular complexity index is 3260. The molecule has 0 atom stereocenters. The Labute approximate surface area is 544 Å². The smallest absolute Gasteiger partial charge is 0.0149 e. The molecular weight excluding hydrogens is 1060 g/mol. The first kappa shape index (κ1) is 78.1. The van der Waals surface area contributed by atoms with E-state index in [0.29, 0.717) is 0 Å². The van der Waals surface area contributed by atoms with E-state index in [1.54, 1.807) is 11.1 Å². The van der Waals surface area contributed by atoms with Crippen molar-refractivity contribution < 1.29 is 0 Å². The highest BCUT2D eigenvalue weighted by molar-refractivity contribution is 5.88. The van der Waals surface area contributed by atoms with E-state index in [0.717, 1.165) is 89.9 Å². The van der Waals surface area contributed by atoms with Gasteiger partial charge in [0, 0.05) is 0 Å². The van der Waals surface area contributed by atoms with E-state index >= 15 is 0 Å². The van der Waals surface area contributed by atoms with Crippen LogP contribution in [0, 0.1) is 96.9 Å². The standard InChI is InChI=1S/C16H20.6C12H18/c1-5-13-7-8-15-10-14(6-2)11(3)12(4)16(15)9-13;1-5-11-7-10(4)12(6-2)8-9(11)3;1-5-11-7-9(3)12(6-2)10(4)8-11;1-5-11-7-9(3)10(4)8-12(11)6-2;1-5-11-8-12(6-2)10(4)7-9(11)3;1-5-11-7-9(3)8-12(6-2)10(11)4;1-5-11-9(3)7-8-10(4)12(11)6-2/h7-10H,5-6H2,1-4H3;6*7-8H,5-6H2,1-4H3. The Hall–Kier alpha value is -5.98. The maximum absolute atomic E-state index is 2.35. The molecule has 0 heterocycles. The first-order valence-electron chi connectivity index (χ1n) is 34.8. The third kappa shape index (κ3) is 22.8. The molecule has 0 aliphatic carbocycles. The highest BCUT2D eigenvalue weighted by atomic mass is 14.1. The SMILES string of the molecule is CCc1c(C)ccc(C)c1CC.CCc1cc(C)c(C)cc1CC.CCc1cc(C)c(CC)c(C)c1.CCc1cc(C)c(CC)cc1C.CCc1cc(C)cc(CC)c1C.CCc1cc(CC)c(C)cc1C.CCc1ccc2cc(CC)c(C)c(C)c2c1. The summed E-state index contributed by atoms with van der Waals surface area (Å²) in [5.41, 5.74) is 41.2. The third-order valence-electron chi connectivity index (χ3n) is 19.0. The maximum Gasteiger partial charge on any atom is -0.0149 e. The van der Waals surface area contributed by atoms with Crippen molar-refractivity contribution in [3.8, 4) is 0 Å². The van der Waals surface area contributed by atoms with Gasteiger partial charge in [0.05, 0.1) is 0 Å². The molecule has 0 aliphatic rings. The van der Waals surface area contributed by atoms with Gasteiger partial charge in [-0.3, -0.25) is 0 Å². The fraction of sp³-hybridized carbons (Fsp3) is 0.477. The molecule has 8 aromatic carbocycles. The predicted molar refractivity (Wildman–Crippen MR) is 400 cm³/mol. The van der Waals surface area contributed by atoms with Crippen molar-refractivity contribution >= 4 is 10.8 Å². The van der Waals surface area contributed by atoms with E-state index in [1.807, 2.05) is 0 Å². The normalized spacial score (nSPS) is 10.5. The molecule has 0 aromatic heterocycles. The third-order valence-corrected chi connectivity index (χ3v) is 19.0. The van der Waals surface area contributed by atoms with Crippen LogP contribution < -0.4 is 0 Å². The van der Waals surface area contributed by atoms with Crippen LogP contribution in [0.4, 0.5) is 0 Å². The van der Waals surface area contributed by atoms with Crippen LogP contribution in [0.2, 0.25) is 0 Å². The Morgan fingerprint density at radius 3 is 0.886 bits per heavy atom. The predicted octanol–water partition coefficient (Wildman–Crippen LogP) is 25.2. The molecule has 0 radical (unpaired) electrons. The van der Waals surface area contributed by atoms with E-state index in [1.165, 1.54) is 155 Å². The molecule has 480 valence electrons. The van der Waals surface area contributed by atoms with Gasteiger partial charge in [-0.05, 0) is 348 Å². The average molecular weight is 1190 g/mol. The van der Waals surface area contributed by atoms with Crippen molar-refractivity contribution in [2.45, 2.75) is 284 Å². The van der Waals surface area contributed by atoms with Crippen LogP contribution in [0.3, 0.4) is 0 Å². The van der Waals surface area contributed by atoms with Crippen LogP contribution in [0.15, 0.2) is 97.1 Å². The van der Waals surface area contributed by atoms with Gasteiger partial charge in [-0.15, -0.1) is 0 Å². The molecule has 0 N–H and O–H groups in total. The Kier molecular flexibility index (Phi) is 35.4. The molecule has 0 spiro atoms.